The van der Waals surface area contributed by atoms with Crippen molar-refractivity contribution in [3.05, 3.63) is 58.9 Å². The van der Waals surface area contributed by atoms with Crippen molar-refractivity contribution in [2.24, 2.45) is 5.41 Å². The average molecular weight is 356 g/mol. The summed E-state index contributed by atoms with van der Waals surface area (Å²) in [6, 6.07) is 11.2. The van der Waals surface area contributed by atoms with E-state index in [1.165, 1.54) is 0 Å². The fourth-order valence-corrected chi connectivity index (χ4v) is 3.33. The third-order valence-electron chi connectivity index (χ3n) is 4.90. The van der Waals surface area contributed by atoms with Gasteiger partial charge in [-0.1, -0.05) is 38.1 Å². The molecular weight excluding hydrogens is 331 g/mol. The highest BCUT2D eigenvalue weighted by molar-refractivity contribution is 5.95. The maximum atomic E-state index is 14.8. The van der Waals surface area contributed by atoms with Gasteiger partial charge in [-0.15, -0.1) is 0 Å². The van der Waals surface area contributed by atoms with E-state index in [1.54, 1.807) is 13.2 Å². The fourth-order valence-electron chi connectivity index (χ4n) is 3.33. The Morgan fingerprint density at radius 2 is 2.04 bits per heavy atom. The summed E-state index contributed by atoms with van der Waals surface area (Å²) in [6.45, 7) is 5.13. The van der Waals surface area contributed by atoms with Gasteiger partial charge < -0.3 is 15.4 Å². The van der Waals surface area contributed by atoms with E-state index in [9.17, 15) is 9.18 Å². The van der Waals surface area contributed by atoms with Crippen molar-refractivity contribution >= 4 is 11.6 Å². The molecule has 0 aromatic heterocycles. The number of hydrogen-bond acceptors (Lipinski definition) is 3. The molecule has 1 aliphatic rings. The number of ether oxygens (including phenoxy) is 1. The Bertz CT molecular complexity index is 818. The van der Waals surface area contributed by atoms with Crippen molar-refractivity contribution in [2.45, 2.75) is 33.2 Å². The van der Waals surface area contributed by atoms with Gasteiger partial charge in [0.2, 0.25) is 5.91 Å². The Kier molecular flexibility index (Phi) is 5.28. The van der Waals surface area contributed by atoms with Gasteiger partial charge >= 0.3 is 0 Å². The minimum absolute atomic E-state index is 0.212. The van der Waals surface area contributed by atoms with Crippen LogP contribution in [0.4, 0.5) is 10.1 Å². The van der Waals surface area contributed by atoms with Crippen LogP contribution in [0.1, 0.15) is 30.5 Å². The van der Waals surface area contributed by atoms with Gasteiger partial charge in [0.05, 0.1) is 12.8 Å². The standard InChI is InChI=1S/C21H25FN2O2/c1-21(2,12-14-6-4-5-7-18(14)26-3)20(25)24-17-9-8-15-13-23-11-10-16(15)19(17)22/h4-9,23H,10-13H2,1-3H3,(H,24,25). The monoisotopic (exact) mass is 356 g/mol. The number of para-hydroxylation sites is 1. The molecule has 0 aliphatic carbocycles. The summed E-state index contributed by atoms with van der Waals surface area (Å²) in [5.74, 6) is 0.225. The van der Waals surface area contributed by atoms with Crippen LogP contribution in [-0.2, 0) is 24.2 Å². The van der Waals surface area contributed by atoms with E-state index in [0.29, 0.717) is 24.9 Å². The molecule has 0 saturated heterocycles. The Morgan fingerprint density at radius 1 is 1.27 bits per heavy atom. The highest BCUT2D eigenvalue weighted by Crippen LogP contribution is 2.30. The first-order chi connectivity index (χ1) is 12.4. The molecule has 4 nitrogen and oxygen atoms in total. The maximum Gasteiger partial charge on any atom is 0.230 e. The van der Waals surface area contributed by atoms with Crippen LogP contribution in [0.2, 0.25) is 0 Å². The average Bonchev–Trinajstić information content (AvgIpc) is 2.64. The number of halogens is 1. The molecule has 2 aromatic rings. The Hall–Kier alpha value is -2.40. The molecule has 0 atom stereocenters. The molecule has 2 N–H and O–H groups in total. The smallest absolute Gasteiger partial charge is 0.230 e. The van der Waals surface area contributed by atoms with E-state index in [-0.39, 0.29) is 17.4 Å². The van der Waals surface area contributed by atoms with Crippen molar-refractivity contribution in [1.29, 1.82) is 0 Å². The van der Waals surface area contributed by atoms with Gasteiger partial charge in [0.25, 0.3) is 0 Å². The number of hydrogen-bond donors (Lipinski definition) is 2. The van der Waals surface area contributed by atoms with Crippen LogP contribution in [0.15, 0.2) is 36.4 Å². The third-order valence-corrected chi connectivity index (χ3v) is 4.90. The van der Waals surface area contributed by atoms with E-state index < -0.39 is 5.41 Å². The number of rotatable bonds is 5. The van der Waals surface area contributed by atoms with Crippen molar-refractivity contribution < 1.29 is 13.9 Å². The molecule has 1 heterocycles. The molecule has 0 saturated carbocycles. The Morgan fingerprint density at radius 3 is 2.81 bits per heavy atom. The zero-order chi connectivity index (χ0) is 18.7. The van der Waals surface area contributed by atoms with E-state index in [1.807, 2.05) is 44.2 Å². The molecule has 0 bridgehead atoms. The molecule has 1 amide bonds. The number of benzene rings is 2. The molecule has 1 aliphatic heterocycles. The quantitative estimate of drug-likeness (QED) is 0.859. The second-order valence-electron chi connectivity index (χ2n) is 7.32. The zero-order valence-electron chi connectivity index (χ0n) is 15.5. The summed E-state index contributed by atoms with van der Waals surface area (Å²) in [5, 5.41) is 6.01. The van der Waals surface area contributed by atoms with Gasteiger partial charge in [0.15, 0.2) is 0 Å². The number of carbonyl (C=O) groups is 1. The number of amides is 1. The van der Waals surface area contributed by atoms with E-state index in [2.05, 4.69) is 10.6 Å². The van der Waals surface area contributed by atoms with Crippen molar-refractivity contribution in [1.82, 2.24) is 5.32 Å². The number of nitrogens with one attached hydrogen (secondary N) is 2. The number of methoxy groups -OCH3 is 1. The summed E-state index contributed by atoms with van der Waals surface area (Å²) in [6.07, 6.45) is 1.13. The van der Waals surface area contributed by atoms with Crippen LogP contribution in [0.5, 0.6) is 5.75 Å². The van der Waals surface area contributed by atoms with E-state index >= 15 is 0 Å². The lowest BCUT2D eigenvalue weighted by atomic mass is 9.84. The molecule has 0 spiro atoms. The number of fused-ring (bicyclic) bond motifs is 1. The molecule has 0 unspecified atom stereocenters. The van der Waals surface area contributed by atoms with Crippen LogP contribution in [-0.4, -0.2) is 19.6 Å². The Balaban J connectivity index is 1.78. The summed E-state index contributed by atoms with van der Waals surface area (Å²) >= 11 is 0. The highest BCUT2D eigenvalue weighted by Gasteiger charge is 2.30. The van der Waals surface area contributed by atoms with Gasteiger partial charge in [-0.05, 0) is 48.2 Å². The van der Waals surface area contributed by atoms with Crippen LogP contribution in [0, 0.1) is 11.2 Å². The fraction of sp³-hybridized carbons (Fsp3) is 0.381. The van der Waals surface area contributed by atoms with Gasteiger partial charge in [0.1, 0.15) is 11.6 Å². The van der Waals surface area contributed by atoms with Gasteiger partial charge in [-0.2, -0.15) is 0 Å². The minimum Gasteiger partial charge on any atom is -0.496 e. The molecule has 26 heavy (non-hydrogen) atoms. The van der Waals surface area contributed by atoms with E-state index in [4.69, 9.17) is 4.74 Å². The maximum absolute atomic E-state index is 14.8. The van der Waals surface area contributed by atoms with Crippen molar-refractivity contribution in [3.63, 3.8) is 0 Å². The first kappa shape index (κ1) is 18.4. The Labute approximate surface area is 153 Å². The van der Waals surface area contributed by atoms with Crippen LogP contribution in [0.25, 0.3) is 0 Å². The normalized spacial score (nSPS) is 13.8. The highest BCUT2D eigenvalue weighted by atomic mass is 19.1. The van der Waals surface area contributed by atoms with Gasteiger partial charge in [-0.25, -0.2) is 4.39 Å². The lowest BCUT2D eigenvalue weighted by molar-refractivity contribution is -0.123. The minimum atomic E-state index is -0.710. The number of carbonyl (C=O) groups excluding carboxylic acids is 1. The molecule has 5 heteroatoms. The molecule has 3 rings (SSSR count). The van der Waals surface area contributed by atoms with Crippen LogP contribution < -0.4 is 15.4 Å². The third kappa shape index (κ3) is 3.73. The predicted octanol–water partition coefficient (Wildman–Crippen LogP) is 3.69. The lowest BCUT2D eigenvalue weighted by Crippen LogP contribution is -2.33. The first-order valence-electron chi connectivity index (χ1n) is 8.86. The largest absolute Gasteiger partial charge is 0.496 e. The SMILES string of the molecule is COc1ccccc1CC(C)(C)C(=O)Nc1ccc2c(c1F)CCNC2. The van der Waals surface area contributed by atoms with Crippen LogP contribution in [0.3, 0.4) is 0 Å². The zero-order valence-corrected chi connectivity index (χ0v) is 15.5. The van der Waals surface area contributed by atoms with E-state index in [0.717, 1.165) is 23.4 Å². The molecule has 2 aromatic carbocycles. The van der Waals surface area contributed by atoms with Gasteiger partial charge in [0, 0.05) is 12.0 Å². The predicted molar refractivity (Wildman–Crippen MR) is 101 cm³/mol. The van der Waals surface area contributed by atoms with Gasteiger partial charge in [-0.3, -0.25) is 4.79 Å². The molecule has 0 radical (unpaired) electrons. The summed E-state index contributed by atoms with van der Waals surface area (Å²) in [4.78, 5) is 12.8. The summed E-state index contributed by atoms with van der Waals surface area (Å²) < 4.78 is 20.2. The topological polar surface area (TPSA) is 50.4 Å². The number of anilines is 1. The van der Waals surface area contributed by atoms with Crippen LogP contribution >= 0.6 is 0 Å². The molecule has 0 fully saturated rings. The van der Waals surface area contributed by atoms with Crippen molar-refractivity contribution in [2.75, 3.05) is 19.0 Å². The van der Waals surface area contributed by atoms with Crippen molar-refractivity contribution in [3.8, 4) is 5.75 Å². The molecule has 138 valence electrons. The first-order valence-corrected chi connectivity index (χ1v) is 8.86. The molecular formula is C21H25FN2O2. The second kappa shape index (κ2) is 7.46. The summed E-state index contributed by atoms with van der Waals surface area (Å²) in [7, 11) is 1.61. The summed E-state index contributed by atoms with van der Waals surface area (Å²) in [5.41, 5.74) is 2.15. The second-order valence-corrected chi connectivity index (χ2v) is 7.32. The lowest BCUT2D eigenvalue weighted by Gasteiger charge is -2.26.